The van der Waals surface area contributed by atoms with Gasteiger partial charge < -0.3 is 14.2 Å². The van der Waals surface area contributed by atoms with Crippen molar-refractivity contribution in [2.24, 2.45) is 5.10 Å². The van der Waals surface area contributed by atoms with Crippen molar-refractivity contribution in [3.05, 3.63) is 93.5 Å². The number of ether oxygens (including phenoxy) is 3. The third-order valence-electron chi connectivity index (χ3n) is 6.04. The second-order valence-electron chi connectivity index (χ2n) is 8.12. The number of halogens is 1. The van der Waals surface area contributed by atoms with Crippen molar-refractivity contribution in [1.29, 1.82) is 0 Å². The van der Waals surface area contributed by atoms with Crippen molar-refractivity contribution in [3.63, 3.8) is 0 Å². The van der Waals surface area contributed by atoms with Gasteiger partial charge in [-0.2, -0.15) is 5.10 Å². The molecule has 33 heavy (non-hydrogen) atoms. The molecule has 0 radical (unpaired) electrons. The highest BCUT2D eigenvalue weighted by Gasteiger charge is 2.42. The Morgan fingerprint density at radius 3 is 2.48 bits per heavy atom. The van der Waals surface area contributed by atoms with E-state index in [9.17, 15) is 4.79 Å². The number of esters is 1. The molecule has 6 nitrogen and oxygen atoms in total. The van der Waals surface area contributed by atoms with Gasteiger partial charge in [-0.05, 0) is 30.7 Å². The topological polar surface area (TPSA) is 60.4 Å². The minimum absolute atomic E-state index is 0.0667. The lowest BCUT2D eigenvalue weighted by molar-refractivity contribution is -0.0209. The van der Waals surface area contributed by atoms with Crippen LogP contribution in [0.2, 0.25) is 5.02 Å². The fourth-order valence-electron chi connectivity index (χ4n) is 4.32. The van der Waals surface area contributed by atoms with Crippen LogP contribution in [-0.4, -0.2) is 30.9 Å². The number of rotatable bonds is 4. The van der Waals surface area contributed by atoms with Crippen molar-refractivity contribution in [2.75, 3.05) is 14.2 Å². The first-order chi connectivity index (χ1) is 16.0. The molecule has 0 N–H and O–H groups in total. The van der Waals surface area contributed by atoms with Gasteiger partial charge in [-0.1, -0.05) is 53.6 Å². The Bertz CT molecular complexity index is 1240. The maximum atomic E-state index is 11.9. The van der Waals surface area contributed by atoms with E-state index in [-0.39, 0.29) is 12.0 Å². The Morgan fingerprint density at radius 2 is 1.82 bits per heavy atom. The van der Waals surface area contributed by atoms with Gasteiger partial charge in [-0.3, -0.25) is 0 Å². The summed E-state index contributed by atoms with van der Waals surface area (Å²) in [6.07, 6.45) is 0.215. The molecule has 0 saturated carbocycles. The van der Waals surface area contributed by atoms with Gasteiger partial charge in [0, 0.05) is 28.6 Å². The van der Waals surface area contributed by atoms with Crippen LogP contribution in [0.3, 0.4) is 0 Å². The lowest BCUT2D eigenvalue weighted by atomic mass is 9.95. The van der Waals surface area contributed by atoms with Gasteiger partial charge in [0.2, 0.25) is 6.23 Å². The first-order valence-corrected chi connectivity index (χ1v) is 11.0. The fraction of sp³-hybridized carbons (Fsp3) is 0.231. The summed E-state index contributed by atoms with van der Waals surface area (Å²) in [6, 6.07) is 19.1. The minimum Gasteiger partial charge on any atom is -0.493 e. The van der Waals surface area contributed by atoms with E-state index in [4.69, 9.17) is 30.9 Å². The number of hydrazone groups is 1. The number of aryl methyl sites for hydroxylation is 1. The summed E-state index contributed by atoms with van der Waals surface area (Å²) < 4.78 is 16.9. The molecule has 2 atom stereocenters. The summed E-state index contributed by atoms with van der Waals surface area (Å²) in [6.45, 7) is 2.07. The molecule has 3 aromatic rings. The lowest BCUT2D eigenvalue weighted by Gasteiger charge is -2.38. The largest absolute Gasteiger partial charge is 0.493 e. The van der Waals surface area contributed by atoms with Crippen molar-refractivity contribution in [1.82, 2.24) is 5.01 Å². The molecular formula is C26H23ClN2O4. The third-order valence-corrected chi connectivity index (χ3v) is 6.26. The Kier molecular flexibility index (Phi) is 5.46. The highest BCUT2D eigenvalue weighted by atomic mass is 35.5. The molecule has 0 spiro atoms. The van der Waals surface area contributed by atoms with Gasteiger partial charge in [-0.15, -0.1) is 0 Å². The summed E-state index contributed by atoms with van der Waals surface area (Å²) in [5.74, 6) is 0.856. The van der Waals surface area contributed by atoms with Crippen LogP contribution in [0.15, 0.2) is 65.8 Å². The van der Waals surface area contributed by atoms with Crippen molar-refractivity contribution in [2.45, 2.75) is 25.6 Å². The van der Waals surface area contributed by atoms with E-state index >= 15 is 0 Å². The second kappa shape index (κ2) is 8.45. The van der Waals surface area contributed by atoms with Gasteiger partial charge in [0.1, 0.15) is 0 Å². The van der Waals surface area contributed by atoms with Crippen LogP contribution in [0, 0.1) is 6.92 Å². The van der Waals surface area contributed by atoms with Gasteiger partial charge in [0.25, 0.3) is 0 Å². The first-order valence-electron chi connectivity index (χ1n) is 10.6. The molecule has 0 unspecified atom stereocenters. The van der Waals surface area contributed by atoms with Gasteiger partial charge >= 0.3 is 5.97 Å². The zero-order valence-corrected chi connectivity index (χ0v) is 19.3. The zero-order valence-electron chi connectivity index (χ0n) is 18.5. The van der Waals surface area contributed by atoms with Crippen molar-refractivity contribution >= 4 is 23.3 Å². The maximum absolute atomic E-state index is 11.9. The van der Waals surface area contributed by atoms with E-state index in [1.165, 1.54) is 12.7 Å². The van der Waals surface area contributed by atoms with Crippen LogP contribution in [0.5, 0.6) is 11.5 Å². The van der Waals surface area contributed by atoms with Crippen LogP contribution in [0.4, 0.5) is 0 Å². The highest BCUT2D eigenvalue weighted by molar-refractivity contribution is 6.30. The molecule has 5 rings (SSSR count). The normalized spacial score (nSPS) is 18.7. The number of nitrogens with zero attached hydrogens (tertiary/aromatic N) is 2. The van der Waals surface area contributed by atoms with Crippen LogP contribution in [-0.2, 0) is 4.74 Å². The van der Waals surface area contributed by atoms with E-state index in [0.29, 0.717) is 28.5 Å². The van der Waals surface area contributed by atoms with Crippen LogP contribution in [0.1, 0.15) is 51.3 Å². The van der Waals surface area contributed by atoms with Gasteiger partial charge in [0.15, 0.2) is 11.5 Å². The van der Waals surface area contributed by atoms with Crippen molar-refractivity contribution < 1.29 is 19.0 Å². The molecule has 0 amide bonds. The Balaban J connectivity index is 1.59. The number of benzene rings is 3. The molecule has 168 valence electrons. The van der Waals surface area contributed by atoms with E-state index < -0.39 is 6.23 Å². The average molecular weight is 463 g/mol. The quantitative estimate of drug-likeness (QED) is 0.466. The molecule has 0 saturated heterocycles. The van der Waals surface area contributed by atoms with E-state index in [1.807, 2.05) is 23.2 Å². The summed E-state index contributed by atoms with van der Waals surface area (Å²) in [5.41, 5.74) is 5.53. The Morgan fingerprint density at radius 1 is 1.09 bits per heavy atom. The lowest BCUT2D eigenvalue weighted by Crippen LogP contribution is -2.34. The monoisotopic (exact) mass is 462 g/mol. The second-order valence-corrected chi connectivity index (χ2v) is 8.56. The number of carbonyl (C=O) groups is 1. The summed E-state index contributed by atoms with van der Waals surface area (Å²) in [4.78, 5) is 11.9. The maximum Gasteiger partial charge on any atom is 0.337 e. The van der Waals surface area contributed by atoms with E-state index in [0.717, 1.165) is 22.4 Å². The van der Waals surface area contributed by atoms with Crippen LogP contribution < -0.4 is 9.47 Å². The third kappa shape index (κ3) is 3.80. The fourth-order valence-corrected chi connectivity index (χ4v) is 4.54. The summed E-state index contributed by atoms with van der Waals surface area (Å²) >= 11 is 6.40. The Hall–Kier alpha value is -3.51. The molecule has 0 aliphatic carbocycles. The molecule has 0 bridgehead atoms. The van der Waals surface area contributed by atoms with E-state index in [2.05, 4.69) is 31.2 Å². The van der Waals surface area contributed by atoms with E-state index in [1.54, 1.807) is 25.3 Å². The molecule has 3 aromatic carbocycles. The van der Waals surface area contributed by atoms with Gasteiger partial charge in [0.05, 0.1) is 31.5 Å². The smallest absolute Gasteiger partial charge is 0.337 e. The molecule has 2 aliphatic rings. The van der Waals surface area contributed by atoms with Crippen LogP contribution in [0.25, 0.3) is 0 Å². The molecule has 2 aliphatic heterocycles. The number of fused-ring (bicyclic) bond motifs is 3. The Labute approximate surface area is 197 Å². The predicted octanol–water partition coefficient (Wildman–Crippen LogP) is 5.69. The van der Waals surface area contributed by atoms with Gasteiger partial charge in [-0.25, -0.2) is 9.80 Å². The molecule has 0 fully saturated rings. The minimum atomic E-state index is -0.493. The van der Waals surface area contributed by atoms with Crippen molar-refractivity contribution in [3.8, 4) is 11.5 Å². The molecular weight excluding hydrogens is 440 g/mol. The average Bonchev–Trinajstić information content (AvgIpc) is 3.29. The molecule has 0 aromatic heterocycles. The SMILES string of the molecule is COC(=O)c1ccc([C@@H]2Oc3c(OC)cc(Cl)cc3[C@H]3CC(c4ccc(C)cc4)=NN32)cc1. The summed E-state index contributed by atoms with van der Waals surface area (Å²) in [7, 11) is 2.97. The summed E-state index contributed by atoms with van der Waals surface area (Å²) in [5, 5.41) is 7.53. The number of carbonyl (C=O) groups excluding carboxylic acids is 1. The predicted molar refractivity (Wildman–Crippen MR) is 126 cm³/mol. The van der Waals surface area contributed by atoms with Crippen LogP contribution >= 0.6 is 11.6 Å². The first kappa shape index (κ1) is 21.3. The zero-order chi connectivity index (χ0) is 23.1. The number of hydrogen-bond acceptors (Lipinski definition) is 6. The highest BCUT2D eigenvalue weighted by Crippen LogP contribution is 2.51. The standard InChI is InChI=1S/C26H23ClN2O4/c1-15-4-6-16(7-5-15)21-14-22-20-12-19(27)13-23(31-2)24(20)33-25(29(22)28-21)17-8-10-18(11-9-17)26(30)32-3/h4-13,22,25H,14H2,1-3H3/t22-,25+/m1/s1. The number of hydrogen-bond donors (Lipinski definition) is 0. The molecule has 7 heteroatoms. The number of methoxy groups -OCH3 is 2. The molecule has 2 heterocycles.